The molecule has 0 aliphatic carbocycles. The molecule has 1 N–H and O–H groups in total. The molecule has 0 fully saturated rings. The van der Waals surface area contributed by atoms with E-state index in [1.54, 1.807) is 7.11 Å². The zero-order valence-electron chi connectivity index (χ0n) is 13.5. The SMILES string of the molecule is CCNC(c1ccnc(C)c1)c1cc(C)c(OC)cc1C. The van der Waals surface area contributed by atoms with Crippen LogP contribution in [0.1, 0.15) is 40.9 Å². The second-order valence-corrected chi connectivity index (χ2v) is 5.40. The summed E-state index contributed by atoms with van der Waals surface area (Å²) in [4.78, 5) is 4.30. The van der Waals surface area contributed by atoms with E-state index in [-0.39, 0.29) is 6.04 Å². The van der Waals surface area contributed by atoms with Crippen LogP contribution in [0.2, 0.25) is 0 Å². The van der Waals surface area contributed by atoms with Gasteiger partial charge < -0.3 is 10.1 Å². The van der Waals surface area contributed by atoms with Crippen molar-refractivity contribution in [2.45, 2.75) is 33.7 Å². The number of pyridine rings is 1. The first kappa shape index (κ1) is 15.5. The lowest BCUT2D eigenvalue weighted by atomic mass is 9.93. The number of rotatable bonds is 5. The lowest BCUT2D eigenvalue weighted by Gasteiger charge is -2.22. The largest absolute Gasteiger partial charge is 0.496 e. The number of methoxy groups -OCH3 is 1. The van der Waals surface area contributed by atoms with E-state index in [0.717, 1.165) is 23.6 Å². The van der Waals surface area contributed by atoms with Crippen LogP contribution in [0.3, 0.4) is 0 Å². The van der Waals surface area contributed by atoms with Gasteiger partial charge in [0.15, 0.2) is 0 Å². The van der Waals surface area contributed by atoms with Crippen LogP contribution in [0.4, 0.5) is 0 Å². The highest BCUT2D eigenvalue weighted by Crippen LogP contribution is 2.30. The smallest absolute Gasteiger partial charge is 0.122 e. The molecule has 0 amide bonds. The number of aryl methyl sites for hydroxylation is 3. The molecule has 0 radical (unpaired) electrons. The molecule has 0 aliphatic rings. The standard InChI is InChI=1S/C18H24N2O/c1-6-19-18(15-7-8-20-14(4)11-15)16-9-13(3)17(21-5)10-12(16)2/h7-11,18-19H,6H2,1-5H3. The molecule has 0 aliphatic heterocycles. The second kappa shape index (κ2) is 6.72. The average molecular weight is 284 g/mol. The summed E-state index contributed by atoms with van der Waals surface area (Å²) in [5.74, 6) is 0.942. The monoisotopic (exact) mass is 284 g/mol. The molecule has 1 unspecified atom stereocenters. The first-order valence-corrected chi connectivity index (χ1v) is 7.37. The van der Waals surface area contributed by atoms with E-state index in [0.29, 0.717) is 0 Å². The van der Waals surface area contributed by atoms with Gasteiger partial charge in [-0.3, -0.25) is 4.98 Å². The van der Waals surface area contributed by atoms with Gasteiger partial charge in [-0.15, -0.1) is 0 Å². The molecule has 1 aromatic carbocycles. The first-order valence-electron chi connectivity index (χ1n) is 7.37. The summed E-state index contributed by atoms with van der Waals surface area (Å²) >= 11 is 0. The summed E-state index contributed by atoms with van der Waals surface area (Å²) in [7, 11) is 1.72. The van der Waals surface area contributed by atoms with E-state index in [1.165, 1.54) is 16.7 Å². The molecule has 1 heterocycles. The predicted molar refractivity (Wildman–Crippen MR) is 87.0 cm³/mol. The normalized spacial score (nSPS) is 12.2. The Bertz CT molecular complexity index is 623. The van der Waals surface area contributed by atoms with E-state index in [1.807, 2.05) is 13.1 Å². The lowest BCUT2D eigenvalue weighted by Crippen LogP contribution is -2.23. The van der Waals surface area contributed by atoms with Crippen molar-refractivity contribution in [3.8, 4) is 5.75 Å². The third-order valence-corrected chi connectivity index (χ3v) is 3.76. The molecule has 0 bridgehead atoms. The van der Waals surface area contributed by atoms with Gasteiger partial charge in [0.25, 0.3) is 0 Å². The highest BCUT2D eigenvalue weighted by Gasteiger charge is 2.17. The van der Waals surface area contributed by atoms with Crippen LogP contribution in [0.15, 0.2) is 30.5 Å². The summed E-state index contributed by atoms with van der Waals surface area (Å²) < 4.78 is 5.41. The lowest BCUT2D eigenvalue weighted by molar-refractivity contribution is 0.411. The number of benzene rings is 1. The second-order valence-electron chi connectivity index (χ2n) is 5.40. The van der Waals surface area contributed by atoms with Gasteiger partial charge in [0.05, 0.1) is 13.2 Å². The maximum absolute atomic E-state index is 5.41. The Balaban J connectivity index is 2.50. The Morgan fingerprint density at radius 2 is 1.90 bits per heavy atom. The Labute approximate surface area is 127 Å². The number of hydrogen-bond acceptors (Lipinski definition) is 3. The third-order valence-electron chi connectivity index (χ3n) is 3.76. The summed E-state index contributed by atoms with van der Waals surface area (Å²) in [6.45, 7) is 9.29. The minimum absolute atomic E-state index is 0.182. The van der Waals surface area contributed by atoms with Crippen LogP contribution in [0.25, 0.3) is 0 Å². The molecule has 0 saturated heterocycles. The van der Waals surface area contributed by atoms with Crippen molar-refractivity contribution >= 4 is 0 Å². The van der Waals surface area contributed by atoms with Crippen LogP contribution >= 0.6 is 0 Å². The molecular weight excluding hydrogens is 260 g/mol. The molecule has 1 aromatic heterocycles. The highest BCUT2D eigenvalue weighted by molar-refractivity contribution is 5.45. The summed E-state index contributed by atoms with van der Waals surface area (Å²) in [5, 5.41) is 3.58. The van der Waals surface area contributed by atoms with E-state index < -0.39 is 0 Å². The van der Waals surface area contributed by atoms with Crippen molar-refractivity contribution < 1.29 is 4.74 Å². The van der Waals surface area contributed by atoms with Gasteiger partial charge in [-0.2, -0.15) is 0 Å². The van der Waals surface area contributed by atoms with Crippen LogP contribution in [0, 0.1) is 20.8 Å². The fourth-order valence-electron chi connectivity index (χ4n) is 2.70. The van der Waals surface area contributed by atoms with Gasteiger partial charge in [0.2, 0.25) is 0 Å². The Morgan fingerprint density at radius 3 is 2.52 bits per heavy atom. The van der Waals surface area contributed by atoms with Gasteiger partial charge in [-0.05, 0) is 67.8 Å². The average Bonchev–Trinajstić information content (AvgIpc) is 2.47. The van der Waals surface area contributed by atoms with Gasteiger partial charge in [-0.25, -0.2) is 0 Å². The maximum Gasteiger partial charge on any atom is 0.122 e. The fraction of sp³-hybridized carbons (Fsp3) is 0.389. The van der Waals surface area contributed by atoms with E-state index in [9.17, 15) is 0 Å². The third kappa shape index (κ3) is 3.42. The topological polar surface area (TPSA) is 34.2 Å². The zero-order chi connectivity index (χ0) is 15.4. The number of nitrogens with one attached hydrogen (secondary N) is 1. The molecule has 3 heteroatoms. The van der Waals surface area contributed by atoms with Crippen LogP contribution < -0.4 is 10.1 Å². The van der Waals surface area contributed by atoms with Crippen LogP contribution in [-0.4, -0.2) is 18.6 Å². The molecular formula is C18H24N2O. The predicted octanol–water partition coefficient (Wildman–Crippen LogP) is 3.71. The molecule has 21 heavy (non-hydrogen) atoms. The van der Waals surface area contributed by atoms with E-state index in [2.05, 4.69) is 55.3 Å². The van der Waals surface area contributed by atoms with Crippen LogP contribution in [-0.2, 0) is 0 Å². The number of ether oxygens (including phenoxy) is 1. The van der Waals surface area contributed by atoms with Gasteiger partial charge in [-0.1, -0.05) is 13.0 Å². The molecule has 1 atom stereocenters. The Hall–Kier alpha value is -1.87. The molecule has 2 rings (SSSR count). The number of nitrogens with zero attached hydrogens (tertiary/aromatic N) is 1. The van der Waals surface area contributed by atoms with Crippen molar-refractivity contribution in [1.29, 1.82) is 0 Å². The molecule has 112 valence electrons. The van der Waals surface area contributed by atoms with Gasteiger partial charge >= 0.3 is 0 Å². The summed E-state index contributed by atoms with van der Waals surface area (Å²) in [6, 6.07) is 8.74. The van der Waals surface area contributed by atoms with Crippen molar-refractivity contribution in [3.63, 3.8) is 0 Å². The first-order chi connectivity index (χ1) is 10.1. The van der Waals surface area contributed by atoms with Gasteiger partial charge in [0.1, 0.15) is 5.75 Å². The Kier molecular flexibility index (Phi) is 4.97. The van der Waals surface area contributed by atoms with Gasteiger partial charge in [0, 0.05) is 11.9 Å². The van der Waals surface area contributed by atoms with Crippen molar-refractivity contribution in [2.75, 3.05) is 13.7 Å². The van der Waals surface area contributed by atoms with E-state index in [4.69, 9.17) is 4.74 Å². The summed E-state index contributed by atoms with van der Waals surface area (Å²) in [5.41, 5.74) is 5.97. The van der Waals surface area contributed by atoms with Crippen molar-refractivity contribution in [2.24, 2.45) is 0 Å². The zero-order valence-corrected chi connectivity index (χ0v) is 13.5. The molecule has 0 spiro atoms. The molecule has 0 saturated carbocycles. The maximum atomic E-state index is 5.41. The Morgan fingerprint density at radius 1 is 1.14 bits per heavy atom. The number of hydrogen-bond donors (Lipinski definition) is 1. The quantitative estimate of drug-likeness (QED) is 0.908. The van der Waals surface area contributed by atoms with E-state index >= 15 is 0 Å². The molecule has 2 aromatic rings. The molecule has 3 nitrogen and oxygen atoms in total. The highest BCUT2D eigenvalue weighted by atomic mass is 16.5. The minimum Gasteiger partial charge on any atom is -0.496 e. The van der Waals surface area contributed by atoms with Crippen molar-refractivity contribution in [3.05, 3.63) is 58.4 Å². The summed E-state index contributed by atoms with van der Waals surface area (Å²) in [6.07, 6.45) is 1.88. The van der Waals surface area contributed by atoms with Crippen molar-refractivity contribution in [1.82, 2.24) is 10.3 Å². The minimum atomic E-state index is 0.182. The van der Waals surface area contributed by atoms with Crippen LogP contribution in [0.5, 0.6) is 5.75 Å². The number of aromatic nitrogens is 1. The fourth-order valence-corrected chi connectivity index (χ4v) is 2.70.